The quantitative estimate of drug-likeness (QED) is 0.839. The van der Waals surface area contributed by atoms with Crippen LogP contribution >= 0.6 is 11.3 Å². The molecule has 1 aromatic carbocycles. The van der Waals surface area contributed by atoms with E-state index < -0.39 is 5.97 Å². The zero-order valence-corrected chi connectivity index (χ0v) is 10.6. The summed E-state index contributed by atoms with van der Waals surface area (Å²) in [5, 5.41) is 13.5. The van der Waals surface area contributed by atoms with Gasteiger partial charge < -0.3 is 5.11 Å². The van der Waals surface area contributed by atoms with E-state index in [4.69, 9.17) is 5.11 Å². The Morgan fingerprint density at radius 1 is 1.26 bits per heavy atom. The molecule has 0 spiro atoms. The molecule has 0 radical (unpaired) electrons. The van der Waals surface area contributed by atoms with Crippen LogP contribution in [0.4, 0.5) is 5.13 Å². The van der Waals surface area contributed by atoms with Gasteiger partial charge in [0.2, 0.25) is 0 Å². The van der Waals surface area contributed by atoms with Crippen molar-refractivity contribution in [3.63, 3.8) is 0 Å². The molecule has 0 unspecified atom stereocenters. The number of rotatable bonds is 4. The van der Waals surface area contributed by atoms with Crippen LogP contribution in [0.2, 0.25) is 0 Å². The van der Waals surface area contributed by atoms with Gasteiger partial charge >= 0.3 is 5.97 Å². The van der Waals surface area contributed by atoms with Gasteiger partial charge in [-0.2, -0.15) is 0 Å². The molecule has 6 heteroatoms. The molecule has 96 valence electrons. The van der Waals surface area contributed by atoms with E-state index in [2.05, 4.69) is 10.3 Å². The fourth-order valence-corrected chi connectivity index (χ4v) is 1.89. The standard InChI is InChI=1S/C13H10N2O3S/c16-11(17)6-3-9-1-4-10(5-2-9)12(18)15-13-14-7-8-19-13/h1-8H,(H,16,17)(H,14,15,18). The third kappa shape index (κ3) is 3.75. The zero-order valence-electron chi connectivity index (χ0n) is 9.74. The summed E-state index contributed by atoms with van der Waals surface area (Å²) in [6.45, 7) is 0. The van der Waals surface area contributed by atoms with Crippen molar-refractivity contribution in [3.05, 3.63) is 53.0 Å². The largest absolute Gasteiger partial charge is 0.478 e. The third-order valence-electron chi connectivity index (χ3n) is 2.24. The first-order chi connectivity index (χ1) is 9.15. The van der Waals surface area contributed by atoms with Crippen LogP contribution < -0.4 is 5.32 Å². The maximum absolute atomic E-state index is 11.8. The molecule has 1 aromatic heterocycles. The lowest BCUT2D eigenvalue weighted by molar-refractivity contribution is -0.131. The van der Waals surface area contributed by atoms with Gasteiger partial charge in [-0.3, -0.25) is 10.1 Å². The number of carboxylic acid groups (broad SMARTS) is 1. The second-order valence-electron chi connectivity index (χ2n) is 3.58. The number of carbonyl (C=O) groups is 2. The summed E-state index contributed by atoms with van der Waals surface area (Å²) in [7, 11) is 0. The van der Waals surface area contributed by atoms with Crippen LogP contribution in [-0.4, -0.2) is 22.0 Å². The van der Waals surface area contributed by atoms with Gasteiger partial charge in [0.15, 0.2) is 5.13 Å². The molecule has 19 heavy (non-hydrogen) atoms. The van der Waals surface area contributed by atoms with Crippen molar-refractivity contribution in [2.75, 3.05) is 5.32 Å². The highest BCUT2D eigenvalue weighted by Crippen LogP contribution is 2.13. The number of aromatic nitrogens is 1. The van der Waals surface area contributed by atoms with Crippen LogP contribution in [0.15, 0.2) is 41.9 Å². The Labute approximate surface area is 113 Å². The number of hydrogen-bond donors (Lipinski definition) is 2. The van der Waals surface area contributed by atoms with Gasteiger partial charge in [-0.15, -0.1) is 11.3 Å². The second-order valence-corrected chi connectivity index (χ2v) is 4.48. The number of carboxylic acids is 1. The molecule has 0 bridgehead atoms. The SMILES string of the molecule is O=C(O)C=Cc1ccc(C(=O)Nc2nccs2)cc1. The van der Waals surface area contributed by atoms with Gasteiger partial charge in [0.05, 0.1) is 0 Å². The van der Waals surface area contributed by atoms with Crippen molar-refractivity contribution in [3.8, 4) is 0 Å². The van der Waals surface area contributed by atoms with E-state index in [9.17, 15) is 9.59 Å². The lowest BCUT2D eigenvalue weighted by Gasteiger charge is -2.01. The molecule has 1 heterocycles. The molecule has 0 fully saturated rings. The smallest absolute Gasteiger partial charge is 0.328 e. The van der Waals surface area contributed by atoms with Crippen LogP contribution in [0.1, 0.15) is 15.9 Å². The number of nitrogens with one attached hydrogen (secondary N) is 1. The number of carbonyl (C=O) groups excluding carboxylic acids is 1. The monoisotopic (exact) mass is 274 g/mol. The molecule has 2 aromatic rings. The number of amides is 1. The Bertz CT molecular complexity index is 603. The van der Waals surface area contributed by atoms with Crippen LogP contribution in [0, 0.1) is 0 Å². The van der Waals surface area contributed by atoms with Crippen LogP contribution in [0.3, 0.4) is 0 Å². The van der Waals surface area contributed by atoms with E-state index in [1.165, 1.54) is 17.4 Å². The van der Waals surface area contributed by atoms with Crippen molar-refractivity contribution in [1.29, 1.82) is 0 Å². The lowest BCUT2D eigenvalue weighted by atomic mass is 10.1. The highest BCUT2D eigenvalue weighted by Gasteiger charge is 2.06. The van der Waals surface area contributed by atoms with Crippen molar-refractivity contribution in [2.24, 2.45) is 0 Å². The Kier molecular flexibility index (Phi) is 4.04. The average molecular weight is 274 g/mol. The molecule has 2 rings (SSSR count). The number of anilines is 1. The molecule has 0 saturated carbocycles. The summed E-state index contributed by atoms with van der Waals surface area (Å²) < 4.78 is 0. The molecule has 2 N–H and O–H groups in total. The maximum atomic E-state index is 11.8. The van der Waals surface area contributed by atoms with E-state index in [0.29, 0.717) is 16.3 Å². The molecule has 0 atom stereocenters. The highest BCUT2D eigenvalue weighted by molar-refractivity contribution is 7.13. The Morgan fingerprint density at radius 3 is 2.58 bits per heavy atom. The fourth-order valence-electron chi connectivity index (χ4n) is 1.37. The fraction of sp³-hybridized carbons (Fsp3) is 0. The van der Waals surface area contributed by atoms with Crippen molar-refractivity contribution < 1.29 is 14.7 Å². The molecular formula is C13H10N2O3S. The number of nitrogens with zero attached hydrogens (tertiary/aromatic N) is 1. The third-order valence-corrected chi connectivity index (χ3v) is 2.93. The molecule has 1 amide bonds. The number of hydrogen-bond acceptors (Lipinski definition) is 4. The predicted molar refractivity (Wildman–Crippen MR) is 73.2 cm³/mol. The van der Waals surface area contributed by atoms with Crippen molar-refractivity contribution in [1.82, 2.24) is 4.98 Å². The summed E-state index contributed by atoms with van der Waals surface area (Å²) in [6, 6.07) is 6.61. The summed E-state index contributed by atoms with van der Waals surface area (Å²) in [6.07, 6.45) is 4.12. The van der Waals surface area contributed by atoms with Crippen LogP contribution in [0.25, 0.3) is 6.08 Å². The van der Waals surface area contributed by atoms with Gasteiger partial charge in [0.25, 0.3) is 5.91 Å². The van der Waals surface area contributed by atoms with Gasteiger partial charge in [-0.25, -0.2) is 9.78 Å². The molecule has 0 aliphatic rings. The average Bonchev–Trinajstić information content (AvgIpc) is 2.89. The Morgan fingerprint density at radius 2 is 2.00 bits per heavy atom. The lowest BCUT2D eigenvalue weighted by Crippen LogP contribution is -2.11. The van der Waals surface area contributed by atoms with E-state index in [0.717, 1.165) is 6.08 Å². The van der Waals surface area contributed by atoms with E-state index in [1.807, 2.05) is 0 Å². The summed E-state index contributed by atoms with van der Waals surface area (Å²) in [5.41, 5.74) is 1.20. The molecular weight excluding hydrogens is 264 g/mol. The molecule has 0 aliphatic heterocycles. The normalized spacial score (nSPS) is 10.5. The minimum absolute atomic E-state index is 0.247. The van der Waals surface area contributed by atoms with Gasteiger partial charge in [-0.1, -0.05) is 12.1 Å². The Balaban J connectivity index is 2.05. The topological polar surface area (TPSA) is 79.3 Å². The van der Waals surface area contributed by atoms with E-state index in [-0.39, 0.29) is 5.91 Å². The number of aliphatic carboxylic acids is 1. The summed E-state index contributed by atoms with van der Waals surface area (Å²) in [5.74, 6) is -1.26. The zero-order chi connectivity index (χ0) is 13.7. The summed E-state index contributed by atoms with van der Waals surface area (Å²) >= 11 is 1.34. The van der Waals surface area contributed by atoms with Crippen LogP contribution in [0.5, 0.6) is 0 Å². The first-order valence-corrected chi connectivity index (χ1v) is 6.25. The van der Waals surface area contributed by atoms with Crippen molar-refractivity contribution >= 4 is 34.4 Å². The van der Waals surface area contributed by atoms with Gasteiger partial charge in [0, 0.05) is 23.2 Å². The number of thiazole rings is 1. The second kappa shape index (κ2) is 5.92. The van der Waals surface area contributed by atoms with Gasteiger partial charge in [0.1, 0.15) is 0 Å². The van der Waals surface area contributed by atoms with Crippen LogP contribution in [-0.2, 0) is 4.79 Å². The first-order valence-electron chi connectivity index (χ1n) is 5.37. The molecule has 0 aliphatic carbocycles. The van der Waals surface area contributed by atoms with E-state index in [1.54, 1.807) is 35.8 Å². The minimum Gasteiger partial charge on any atom is -0.478 e. The van der Waals surface area contributed by atoms with Crippen molar-refractivity contribution in [2.45, 2.75) is 0 Å². The summed E-state index contributed by atoms with van der Waals surface area (Å²) in [4.78, 5) is 26.2. The molecule has 5 nitrogen and oxygen atoms in total. The van der Waals surface area contributed by atoms with Gasteiger partial charge in [-0.05, 0) is 23.8 Å². The highest BCUT2D eigenvalue weighted by atomic mass is 32.1. The van der Waals surface area contributed by atoms with E-state index >= 15 is 0 Å². The molecule has 0 saturated heterocycles. The minimum atomic E-state index is -1.01. The first kappa shape index (κ1) is 13.0. The predicted octanol–water partition coefficient (Wildman–Crippen LogP) is 2.49. The Hall–Kier alpha value is -2.47. The number of benzene rings is 1. The maximum Gasteiger partial charge on any atom is 0.328 e.